The fourth-order valence-corrected chi connectivity index (χ4v) is 3.34. The number of hydrogen-bond donors (Lipinski definition) is 0. The van der Waals surface area contributed by atoms with Crippen LogP contribution in [-0.4, -0.2) is 28.6 Å². The van der Waals surface area contributed by atoms with Crippen LogP contribution in [0.1, 0.15) is 11.4 Å². The molecule has 0 saturated heterocycles. The van der Waals surface area contributed by atoms with Crippen molar-refractivity contribution in [3.05, 3.63) is 71.0 Å². The van der Waals surface area contributed by atoms with Gasteiger partial charge in [0.15, 0.2) is 15.7 Å². The van der Waals surface area contributed by atoms with Crippen molar-refractivity contribution in [2.45, 2.75) is 17.2 Å². The lowest BCUT2D eigenvalue weighted by Gasteiger charge is -2.01. The highest BCUT2D eigenvalue weighted by molar-refractivity contribution is 7.90. The maximum atomic E-state index is 12.3. The van der Waals surface area contributed by atoms with Gasteiger partial charge in [-0.2, -0.15) is 4.80 Å². The van der Waals surface area contributed by atoms with Crippen molar-refractivity contribution >= 4 is 21.4 Å². The Hall–Kier alpha value is -2.25. The fourth-order valence-electron chi connectivity index (χ4n) is 2.04. The summed E-state index contributed by atoms with van der Waals surface area (Å²) in [6, 6.07) is 15.6. The second kappa shape index (κ2) is 6.47. The summed E-state index contributed by atoms with van der Waals surface area (Å²) in [7, 11) is -3.53. The molecule has 0 aliphatic carbocycles. The molecule has 6 nitrogen and oxygen atoms in total. The van der Waals surface area contributed by atoms with Gasteiger partial charge in [0, 0.05) is 5.02 Å². The molecule has 0 saturated carbocycles. The molecule has 0 atom stereocenters. The summed E-state index contributed by atoms with van der Waals surface area (Å²) in [6.45, 7) is 0.439. The predicted molar refractivity (Wildman–Crippen MR) is 85.7 cm³/mol. The fraction of sp³-hybridized carbons (Fsp3) is 0.133. The number of hydrogen-bond acceptors (Lipinski definition) is 5. The molecule has 2 aromatic carbocycles. The third-order valence-corrected chi connectivity index (χ3v) is 5.03. The lowest BCUT2D eigenvalue weighted by atomic mass is 10.2. The lowest BCUT2D eigenvalue weighted by Crippen LogP contribution is -2.08. The van der Waals surface area contributed by atoms with Crippen LogP contribution in [0, 0.1) is 0 Å². The molecule has 0 bridgehead atoms. The van der Waals surface area contributed by atoms with Crippen LogP contribution in [0.5, 0.6) is 0 Å². The Labute approximate surface area is 138 Å². The molecule has 3 aromatic rings. The van der Waals surface area contributed by atoms with Gasteiger partial charge in [-0.15, -0.1) is 10.2 Å². The van der Waals surface area contributed by atoms with Gasteiger partial charge in [-0.25, -0.2) is 8.42 Å². The van der Waals surface area contributed by atoms with Gasteiger partial charge in [0.05, 0.1) is 11.4 Å². The minimum atomic E-state index is -3.53. The van der Waals surface area contributed by atoms with Crippen LogP contribution in [0.2, 0.25) is 5.02 Å². The quantitative estimate of drug-likeness (QED) is 0.707. The van der Waals surface area contributed by atoms with E-state index in [1.807, 2.05) is 30.3 Å². The number of rotatable bonds is 5. The van der Waals surface area contributed by atoms with Crippen molar-refractivity contribution in [2.24, 2.45) is 0 Å². The Bertz CT molecular complexity index is 893. The minimum Gasteiger partial charge on any atom is -0.223 e. The van der Waals surface area contributed by atoms with Crippen LogP contribution in [0.3, 0.4) is 0 Å². The third kappa shape index (κ3) is 3.94. The van der Waals surface area contributed by atoms with E-state index in [0.29, 0.717) is 11.6 Å². The van der Waals surface area contributed by atoms with Crippen LogP contribution in [0.25, 0.3) is 0 Å². The Morgan fingerprint density at radius 1 is 1.00 bits per heavy atom. The van der Waals surface area contributed by atoms with E-state index in [-0.39, 0.29) is 16.5 Å². The first-order valence-electron chi connectivity index (χ1n) is 6.82. The van der Waals surface area contributed by atoms with Crippen molar-refractivity contribution in [3.63, 3.8) is 0 Å². The summed E-state index contributed by atoms with van der Waals surface area (Å²) in [5.74, 6) is -0.139. The molecule has 0 amide bonds. The molecule has 1 heterocycles. The standard InChI is InChI=1S/C15H13ClN4O2S/c16-13-6-8-14(9-7-13)23(21,22)11-15-17-19-20(18-15)10-12-4-2-1-3-5-12/h1-9H,10-11H2. The highest BCUT2D eigenvalue weighted by atomic mass is 35.5. The number of sulfone groups is 1. The van der Waals surface area contributed by atoms with Crippen molar-refractivity contribution in [1.29, 1.82) is 0 Å². The number of nitrogens with zero attached hydrogens (tertiary/aromatic N) is 4. The Balaban J connectivity index is 1.74. The van der Waals surface area contributed by atoms with Gasteiger partial charge < -0.3 is 0 Å². The highest BCUT2D eigenvalue weighted by Crippen LogP contribution is 2.17. The molecule has 23 heavy (non-hydrogen) atoms. The van der Waals surface area contributed by atoms with Gasteiger partial charge in [-0.05, 0) is 35.0 Å². The van der Waals surface area contributed by atoms with Crippen molar-refractivity contribution in [2.75, 3.05) is 0 Å². The van der Waals surface area contributed by atoms with Gasteiger partial charge >= 0.3 is 0 Å². The Kier molecular flexibility index (Phi) is 4.40. The van der Waals surface area contributed by atoms with Gasteiger partial charge in [0.1, 0.15) is 5.75 Å². The monoisotopic (exact) mass is 348 g/mol. The molecular formula is C15H13ClN4O2S. The average molecular weight is 349 g/mol. The van der Waals surface area contributed by atoms with E-state index in [9.17, 15) is 8.42 Å². The summed E-state index contributed by atoms with van der Waals surface area (Å²) in [4.78, 5) is 1.56. The zero-order chi connectivity index (χ0) is 16.3. The second-order valence-corrected chi connectivity index (χ2v) is 7.36. The molecule has 0 aliphatic heterocycles. The summed E-state index contributed by atoms with van der Waals surface area (Å²) < 4.78 is 24.6. The van der Waals surface area contributed by atoms with E-state index >= 15 is 0 Å². The van der Waals surface area contributed by atoms with Gasteiger partial charge in [0.2, 0.25) is 0 Å². The van der Waals surface area contributed by atoms with Crippen LogP contribution in [0.4, 0.5) is 0 Å². The van der Waals surface area contributed by atoms with Crippen LogP contribution in [-0.2, 0) is 22.1 Å². The minimum absolute atomic E-state index is 0.163. The van der Waals surface area contributed by atoms with E-state index in [0.717, 1.165) is 5.56 Å². The van der Waals surface area contributed by atoms with E-state index < -0.39 is 9.84 Å². The molecule has 0 fully saturated rings. The maximum absolute atomic E-state index is 12.3. The number of benzene rings is 2. The molecule has 0 radical (unpaired) electrons. The first kappa shape index (κ1) is 15.6. The van der Waals surface area contributed by atoms with Crippen LogP contribution >= 0.6 is 11.6 Å². The molecule has 1 aromatic heterocycles. The van der Waals surface area contributed by atoms with E-state index in [2.05, 4.69) is 15.4 Å². The van der Waals surface area contributed by atoms with Crippen LogP contribution in [0.15, 0.2) is 59.5 Å². The third-order valence-electron chi connectivity index (χ3n) is 3.15. The molecule has 0 N–H and O–H groups in total. The van der Waals surface area contributed by atoms with Crippen molar-refractivity contribution in [1.82, 2.24) is 20.2 Å². The number of tetrazole rings is 1. The lowest BCUT2D eigenvalue weighted by molar-refractivity contribution is 0.570. The summed E-state index contributed by atoms with van der Waals surface area (Å²) in [6.07, 6.45) is 0. The summed E-state index contributed by atoms with van der Waals surface area (Å²) in [5.41, 5.74) is 1.01. The topological polar surface area (TPSA) is 77.7 Å². The highest BCUT2D eigenvalue weighted by Gasteiger charge is 2.18. The van der Waals surface area contributed by atoms with Crippen molar-refractivity contribution in [3.8, 4) is 0 Å². The van der Waals surface area contributed by atoms with E-state index in [1.165, 1.54) is 29.1 Å². The molecule has 0 unspecified atom stereocenters. The Morgan fingerprint density at radius 2 is 1.70 bits per heavy atom. The largest absolute Gasteiger partial charge is 0.223 e. The molecule has 8 heteroatoms. The SMILES string of the molecule is O=S(=O)(Cc1nnn(Cc2ccccc2)n1)c1ccc(Cl)cc1. The number of halogens is 1. The molecule has 118 valence electrons. The van der Waals surface area contributed by atoms with Gasteiger partial charge in [-0.1, -0.05) is 41.9 Å². The molecule has 0 spiro atoms. The van der Waals surface area contributed by atoms with Crippen LogP contribution < -0.4 is 0 Å². The first-order valence-corrected chi connectivity index (χ1v) is 8.85. The zero-order valence-electron chi connectivity index (χ0n) is 12.0. The average Bonchev–Trinajstić information content (AvgIpc) is 2.95. The smallest absolute Gasteiger partial charge is 0.190 e. The van der Waals surface area contributed by atoms with Crippen molar-refractivity contribution < 1.29 is 8.42 Å². The Morgan fingerprint density at radius 3 is 2.39 bits per heavy atom. The zero-order valence-corrected chi connectivity index (χ0v) is 13.6. The molecule has 0 aliphatic rings. The summed E-state index contributed by atoms with van der Waals surface area (Å²) in [5, 5.41) is 12.3. The van der Waals surface area contributed by atoms with Gasteiger partial charge in [-0.3, -0.25) is 0 Å². The summed E-state index contributed by atoms with van der Waals surface area (Å²) >= 11 is 5.77. The number of aromatic nitrogens is 4. The predicted octanol–water partition coefficient (Wildman–Crippen LogP) is 2.35. The second-order valence-electron chi connectivity index (χ2n) is 4.93. The van der Waals surface area contributed by atoms with E-state index in [1.54, 1.807) is 0 Å². The van der Waals surface area contributed by atoms with E-state index in [4.69, 9.17) is 11.6 Å². The molecule has 3 rings (SSSR count). The first-order chi connectivity index (χ1) is 11.0. The molecular weight excluding hydrogens is 336 g/mol. The van der Waals surface area contributed by atoms with Gasteiger partial charge in [0.25, 0.3) is 0 Å². The maximum Gasteiger partial charge on any atom is 0.190 e. The normalized spacial score (nSPS) is 11.5.